The van der Waals surface area contributed by atoms with Crippen molar-refractivity contribution in [2.24, 2.45) is 5.92 Å². The van der Waals surface area contributed by atoms with Crippen molar-refractivity contribution in [3.05, 3.63) is 102 Å². The molecule has 0 aromatic heterocycles. The van der Waals surface area contributed by atoms with Crippen LogP contribution in [0.25, 0.3) is 17.2 Å². The molecule has 0 saturated carbocycles. The Morgan fingerprint density at radius 1 is 0.974 bits per heavy atom. The summed E-state index contributed by atoms with van der Waals surface area (Å²) in [6.07, 6.45) is 5.76. The van der Waals surface area contributed by atoms with Gasteiger partial charge in [-0.2, -0.15) is 5.26 Å². The summed E-state index contributed by atoms with van der Waals surface area (Å²) < 4.78 is 5.61. The summed E-state index contributed by atoms with van der Waals surface area (Å²) in [5, 5.41) is 9.44. The van der Waals surface area contributed by atoms with Gasteiger partial charge in [-0.05, 0) is 46.7 Å². The molecule has 0 aliphatic carbocycles. The molecule has 0 spiro atoms. The van der Waals surface area contributed by atoms with Gasteiger partial charge in [-0.1, -0.05) is 106 Å². The number of amides is 1. The van der Waals surface area contributed by atoms with Crippen LogP contribution in [0.4, 0.5) is 0 Å². The molecule has 5 nitrogen and oxygen atoms in total. The molecule has 0 bridgehead atoms. The van der Waals surface area contributed by atoms with Crippen molar-refractivity contribution in [1.82, 2.24) is 4.90 Å². The molecule has 0 aliphatic heterocycles. The van der Waals surface area contributed by atoms with Gasteiger partial charge in [-0.3, -0.25) is 4.79 Å². The Kier molecular flexibility index (Phi) is 10.9. The van der Waals surface area contributed by atoms with E-state index in [1.54, 1.807) is 11.0 Å². The lowest BCUT2D eigenvalue weighted by molar-refractivity contribution is -0.157. The predicted octanol–water partition coefficient (Wildman–Crippen LogP) is 7.03. The van der Waals surface area contributed by atoms with Crippen LogP contribution in [0.5, 0.6) is 0 Å². The second kappa shape index (κ2) is 14.5. The molecule has 0 aliphatic rings. The Hall–Kier alpha value is -4.17. The average molecular weight is 509 g/mol. The minimum atomic E-state index is -0.691. The van der Waals surface area contributed by atoms with Crippen LogP contribution in [-0.4, -0.2) is 29.4 Å². The van der Waals surface area contributed by atoms with E-state index in [4.69, 9.17) is 4.74 Å². The highest BCUT2D eigenvalue weighted by Gasteiger charge is 2.33. The summed E-state index contributed by atoms with van der Waals surface area (Å²) in [6, 6.07) is 26.7. The van der Waals surface area contributed by atoms with Gasteiger partial charge in [0.15, 0.2) is 0 Å². The minimum Gasteiger partial charge on any atom is -0.460 e. The Labute approximate surface area is 226 Å². The lowest BCUT2D eigenvalue weighted by Crippen LogP contribution is -2.48. The number of carbonyl (C=O) groups excluding carboxylic acids is 2. The van der Waals surface area contributed by atoms with Crippen LogP contribution in [0, 0.1) is 17.2 Å². The monoisotopic (exact) mass is 508 g/mol. The molecule has 0 saturated heterocycles. The van der Waals surface area contributed by atoms with E-state index in [9.17, 15) is 14.9 Å². The lowest BCUT2D eigenvalue weighted by Gasteiger charge is -2.33. The zero-order chi connectivity index (χ0) is 27.3. The number of benzene rings is 3. The molecule has 0 radical (unpaired) electrons. The van der Waals surface area contributed by atoms with Gasteiger partial charge in [0.25, 0.3) is 0 Å². The van der Waals surface area contributed by atoms with Gasteiger partial charge in [0.2, 0.25) is 5.91 Å². The molecule has 196 valence electrons. The van der Waals surface area contributed by atoms with Crippen molar-refractivity contribution in [3.8, 4) is 17.2 Å². The van der Waals surface area contributed by atoms with Crippen molar-refractivity contribution < 1.29 is 14.3 Å². The van der Waals surface area contributed by atoms with Crippen LogP contribution >= 0.6 is 0 Å². The van der Waals surface area contributed by atoms with Crippen molar-refractivity contribution in [1.29, 1.82) is 5.26 Å². The van der Waals surface area contributed by atoms with Gasteiger partial charge in [-0.15, -0.1) is 0 Å². The molecule has 0 heterocycles. The van der Waals surface area contributed by atoms with Gasteiger partial charge in [-0.25, -0.2) is 4.79 Å². The summed E-state index contributed by atoms with van der Waals surface area (Å²) in [4.78, 5) is 28.2. The topological polar surface area (TPSA) is 70.4 Å². The van der Waals surface area contributed by atoms with Crippen molar-refractivity contribution >= 4 is 18.0 Å². The smallest absolute Gasteiger partial charge is 0.329 e. The molecule has 0 unspecified atom stereocenters. The number of unbranched alkanes of at least 4 members (excludes halogenated alkanes) is 1. The van der Waals surface area contributed by atoms with Gasteiger partial charge in [0.05, 0.1) is 11.6 Å². The van der Waals surface area contributed by atoms with Crippen LogP contribution in [0.1, 0.15) is 56.7 Å². The molecule has 38 heavy (non-hydrogen) atoms. The van der Waals surface area contributed by atoms with Gasteiger partial charge in [0, 0.05) is 13.0 Å². The number of hydrogen-bond donors (Lipinski definition) is 0. The first-order valence-electron chi connectivity index (χ1n) is 13.2. The van der Waals surface area contributed by atoms with E-state index >= 15 is 0 Å². The fourth-order valence-electron chi connectivity index (χ4n) is 4.36. The molecule has 3 aromatic carbocycles. The van der Waals surface area contributed by atoms with E-state index in [1.807, 2.05) is 106 Å². The van der Waals surface area contributed by atoms with Crippen LogP contribution in [0.15, 0.2) is 84.9 Å². The number of hydrogen-bond acceptors (Lipinski definition) is 4. The first-order chi connectivity index (χ1) is 18.4. The second-order valence-corrected chi connectivity index (χ2v) is 9.61. The number of nitrogens with zero attached hydrogens (tertiary/aromatic N) is 2. The normalized spacial score (nSPS) is 11.8. The van der Waals surface area contributed by atoms with Crippen LogP contribution in [0.2, 0.25) is 0 Å². The maximum absolute atomic E-state index is 13.3. The third kappa shape index (κ3) is 7.91. The molecule has 0 fully saturated rings. The Morgan fingerprint density at radius 2 is 1.66 bits per heavy atom. The molecule has 0 N–H and O–H groups in total. The van der Waals surface area contributed by atoms with E-state index in [2.05, 4.69) is 6.07 Å². The Balaban J connectivity index is 1.78. The van der Waals surface area contributed by atoms with Crippen LogP contribution < -0.4 is 0 Å². The standard InChI is InChI=1S/C33H36N2O3/c1-4-5-17-31(36)35(24-27-18-20-28(21-19-27)30-16-10-9-15-29(30)23-34)32(25(2)3)33(37)38-22-11-14-26-12-7-6-8-13-26/h6-16,18-21,25,32H,4-5,17,22,24H2,1-3H3/b14-11+/t32-/m0/s1. The van der Waals surface area contributed by atoms with Crippen LogP contribution in [0.3, 0.4) is 0 Å². The summed E-state index contributed by atoms with van der Waals surface area (Å²) in [5.41, 5.74) is 4.35. The van der Waals surface area contributed by atoms with Crippen molar-refractivity contribution in [2.75, 3.05) is 6.61 Å². The second-order valence-electron chi connectivity index (χ2n) is 9.61. The summed E-state index contributed by atoms with van der Waals surface area (Å²) in [5.74, 6) is -0.573. The fraction of sp³-hybridized carbons (Fsp3) is 0.303. The highest BCUT2D eigenvalue weighted by atomic mass is 16.5. The zero-order valence-electron chi connectivity index (χ0n) is 22.5. The highest BCUT2D eigenvalue weighted by molar-refractivity contribution is 5.85. The quantitative estimate of drug-likeness (QED) is 0.246. The third-order valence-electron chi connectivity index (χ3n) is 6.37. The van der Waals surface area contributed by atoms with Crippen molar-refractivity contribution in [3.63, 3.8) is 0 Å². The first-order valence-corrected chi connectivity index (χ1v) is 13.2. The first kappa shape index (κ1) is 28.4. The van der Waals surface area contributed by atoms with E-state index in [1.165, 1.54) is 0 Å². The van der Waals surface area contributed by atoms with E-state index in [0.717, 1.165) is 35.1 Å². The Morgan fingerprint density at radius 3 is 2.32 bits per heavy atom. The average Bonchev–Trinajstić information content (AvgIpc) is 2.94. The summed E-state index contributed by atoms with van der Waals surface area (Å²) in [7, 11) is 0. The maximum Gasteiger partial charge on any atom is 0.329 e. The number of nitriles is 1. The molecule has 5 heteroatoms. The molecule has 1 atom stereocenters. The van der Waals surface area contributed by atoms with E-state index < -0.39 is 12.0 Å². The molecule has 1 amide bonds. The predicted molar refractivity (Wildman–Crippen MR) is 152 cm³/mol. The number of ether oxygens (including phenoxy) is 1. The highest BCUT2D eigenvalue weighted by Crippen LogP contribution is 2.25. The third-order valence-corrected chi connectivity index (χ3v) is 6.37. The SMILES string of the molecule is CCCCC(=O)N(Cc1ccc(-c2ccccc2C#N)cc1)[C@H](C(=O)OC/C=C/c1ccccc1)C(C)C. The molecular weight excluding hydrogens is 472 g/mol. The molecule has 3 aromatic rings. The molecular formula is C33H36N2O3. The fourth-order valence-corrected chi connectivity index (χ4v) is 4.36. The minimum absolute atomic E-state index is 0.0544. The zero-order valence-corrected chi connectivity index (χ0v) is 22.5. The maximum atomic E-state index is 13.3. The summed E-state index contributed by atoms with van der Waals surface area (Å²) in [6.45, 7) is 6.37. The van der Waals surface area contributed by atoms with Crippen LogP contribution in [-0.2, 0) is 20.9 Å². The van der Waals surface area contributed by atoms with E-state index in [0.29, 0.717) is 18.5 Å². The number of esters is 1. The summed E-state index contributed by atoms with van der Waals surface area (Å²) >= 11 is 0. The van der Waals surface area contributed by atoms with Gasteiger partial charge < -0.3 is 9.64 Å². The molecule has 3 rings (SSSR count). The lowest BCUT2D eigenvalue weighted by atomic mass is 9.98. The van der Waals surface area contributed by atoms with E-state index in [-0.39, 0.29) is 18.4 Å². The van der Waals surface area contributed by atoms with Gasteiger partial charge in [0.1, 0.15) is 12.6 Å². The van der Waals surface area contributed by atoms with Crippen molar-refractivity contribution in [2.45, 2.75) is 52.6 Å². The Bertz CT molecular complexity index is 1260. The largest absolute Gasteiger partial charge is 0.460 e. The van der Waals surface area contributed by atoms with Gasteiger partial charge >= 0.3 is 5.97 Å². The number of rotatable bonds is 12. The number of carbonyl (C=O) groups is 2.